The zero-order valence-corrected chi connectivity index (χ0v) is 12.1. The van der Waals surface area contributed by atoms with Gasteiger partial charge in [-0.1, -0.05) is 0 Å². The fourth-order valence-electron chi connectivity index (χ4n) is 1.97. The van der Waals surface area contributed by atoms with Gasteiger partial charge in [-0.05, 0) is 12.1 Å². The first kappa shape index (κ1) is 17.3. The van der Waals surface area contributed by atoms with Gasteiger partial charge < -0.3 is 10.4 Å². The number of rotatable bonds is 6. The van der Waals surface area contributed by atoms with Gasteiger partial charge in [-0.15, -0.1) is 0 Å². The molecule has 0 spiro atoms. The van der Waals surface area contributed by atoms with Gasteiger partial charge in [0, 0.05) is 23.9 Å². The number of carboxylic acids is 1. The van der Waals surface area contributed by atoms with Crippen molar-refractivity contribution in [3.63, 3.8) is 0 Å². The van der Waals surface area contributed by atoms with Crippen LogP contribution in [0.5, 0.6) is 0 Å². The highest BCUT2D eigenvalue weighted by molar-refractivity contribution is 5.99. The van der Waals surface area contributed by atoms with E-state index in [-0.39, 0.29) is 11.4 Å². The first-order valence-corrected chi connectivity index (χ1v) is 6.42. The van der Waals surface area contributed by atoms with Gasteiger partial charge in [0.05, 0.1) is 26.4 Å². The number of anilines is 2. The van der Waals surface area contributed by atoms with Crippen LogP contribution in [-0.4, -0.2) is 25.8 Å². The van der Waals surface area contributed by atoms with Crippen LogP contribution in [0.2, 0.25) is 0 Å². The summed E-state index contributed by atoms with van der Waals surface area (Å²) < 4.78 is 0. The van der Waals surface area contributed by atoms with E-state index in [1.54, 1.807) is 0 Å². The number of hydrogen-bond donors (Lipinski definition) is 2. The third-order valence-electron chi connectivity index (χ3n) is 3.09. The molecular formula is C13H8N4O8. The van der Waals surface area contributed by atoms with Crippen LogP contribution in [0.25, 0.3) is 0 Å². The minimum Gasteiger partial charge on any atom is -0.478 e. The number of aromatic carboxylic acids is 1. The summed E-state index contributed by atoms with van der Waals surface area (Å²) in [6, 6.07) is 5.97. The van der Waals surface area contributed by atoms with Crippen LogP contribution in [0.3, 0.4) is 0 Å². The van der Waals surface area contributed by atoms with Crippen molar-refractivity contribution in [2.75, 3.05) is 5.32 Å². The van der Waals surface area contributed by atoms with Crippen molar-refractivity contribution < 1.29 is 24.7 Å². The zero-order chi connectivity index (χ0) is 18.7. The number of carboxylic acid groups (broad SMARTS) is 1. The van der Waals surface area contributed by atoms with Crippen LogP contribution < -0.4 is 5.32 Å². The number of nitrogens with zero attached hydrogens (tertiary/aromatic N) is 3. The second kappa shape index (κ2) is 6.57. The predicted molar refractivity (Wildman–Crippen MR) is 83.1 cm³/mol. The topological polar surface area (TPSA) is 179 Å². The third-order valence-corrected chi connectivity index (χ3v) is 3.09. The van der Waals surface area contributed by atoms with E-state index in [4.69, 9.17) is 0 Å². The van der Waals surface area contributed by atoms with Crippen molar-refractivity contribution in [3.8, 4) is 0 Å². The van der Waals surface area contributed by atoms with E-state index in [1.165, 1.54) is 12.1 Å². The van der Waals surface area contributed by atoms with Gasteiger partial charge >= 0.3 is 5.97 Å². The highest BCUT2D eigenvalue weighted by Crippen LogP contribution is 2.35. The molecule has 0 radical (unpaired) electrons. The molecule has 0 aromatic heterocycles. The molecule has 25 heavy (non-hydrogen) atoms. The van der Waals surface area contributed by atoms with Gasteiger partial charge in [-0.3, -0.25) is 30.3 Å². The van der Waals surface area contributed by atoms with Crippen LogP contribution in [0.15, 0.2) is 36.4 Å². The summed E-state index contributed by atoms with van der Waals surface area (Å²) >= 11 is 0. The molecule has 0 atom stereocenters. The van der Waals surface area contributed by atoms with E-state index in [2.05, 4.69) is 5.32 Å². The third kappa shape index (κ3) is 3.64. The minimum atomic E-state index is -1.61. The number of nitro groups is 3. The fraction of sp³-hybridized carbons (Fsp3) is 0. The average Bonchev–Trinajstić information content (AvgIpc) is 2.54. The Morgan fingerprint density at radius 2 is 1.44 bits per heavy atom. The van der Waals surface area contributed by atoms with Gasteiger partial charge in [0.25, 0.3) is 17.1 Å². The second-order valence-corrected chi connectivity index (χ2v) is 4.64. The van der Waals surface area contributed by atoms with Crippen molar-refractivity contribution >= 4 is 34.4 Å². The molecule has 0 heterocycles. The van der Waals surface area contributed by atoms with Gasteiger partial charge in [0.15, 0.2) is 0 Å². The zero-order valence-electron chi connectivity index (χ0n) is 12.1. The molecule has 0 aliphatic rings. The first-order valence-electron chi connectivity index (χ1n) is 6.42. The van der Waals surface area contributed by atoms with E-state index in [0.29, 0.717) is 12.1 Å². The molecule has 12 nitrogen and oxygen atoms in total. The number of non-ortho nitro benzene ring substituents is 2. The summed E-state index contributed by atoms with van der Waals surface area (Å²) in [7, 11) is 0. The predicted octanol–water partition coefficient (Wildman–Crippen LogP) is 2.85. The first-order chi connectivity index (χ1) is 11.7. The molecular weight excluding hydrogens is 340 g/mol. The molecule has 12 heteroatoms. The molecule has 128 valence electrons. The largest absolute Gasteiger partial charge is 0.478 e. The summed E-state index contributed by atoms with van der Waals surface area (Å²) in [4.78, 5) is 41.4. The van der Waals surface area contributed by atoms with E-state index >= 15 is 0 Å². The van der Waals surface area contributed by atoms with Crippen LogP contribution in [-0.2, 0) is 0 Å². The number of benzene rings is 2. The summed E-state index contributed by atoms with van der Waals surface area (Å²) in [6.45, 7) is 0. The monoisotopic (exact) mass is 348 g/mol. The molecule has 2 aromatic rings. The fourth-order valence-corrected chi connectivity index (χ4v) is 1.97. The van der Waals surface area contributed by atoms with Crippen molar-refractivity contribution in [2.45, 2.75) is 0 Å². The van der Waals surface area contributed by atoms with Crippen LogP contribution in [0.4, 0.5) is 28.4 Å². The standard InChI is InChI=1S/C13H8N4O8/c18-13(19)10-5-9(16(22)23)6-11(17(24)25)12(10)14-7-1-3-8(4-2-7)15(20)21/h1-6,14H,(H,18,19). The molecule has 2 aromatic carbocycles. The number of nitro benzene ring substituents is 3. The Hall–Kier alpha value is -4.09. The quantitative estimate of drug-likeness (QED) is 0.586. The van der Waals surface area contributed by atoms with Gasteiger partial charge in [-0.2, -0.15) is 0 Å². The van der Waals surface area contributed by atoms with Crippen molar-refractivity contribution in [1.82, 2.24) is 0 Å². The lowest BCUT2D eigenvalue weighted by Gasteiger charge is -2.10. The Balaban J connectivity index is 2.58. The Labute approximate surface area is 137 Å². The van der Waals surface area contributed by atoms with Gasteiger partial charge in [0.2, 0.25) is 0 Å². The normalized spacial score (nSPS) is 10.1. The summed E-state index contributed by atoms with van der Waals surface area (Å²) in [6.07, 6.45) is 0. The molecule has 0 fully saturated rings. The SMILES string of the molecule is O=C(O)c1cc([N+](=O)[O-])cc([N+](=O)[O-])c1Nc1ccc([N+](=O)[O-])cc1. The number of carbonyl (C=O) groups is 1. The van der Waals surface area contributed by atoms with E-state index in [1.807, 2.05) is 0 Å². The maximum atomic E-state index is 11.3. The average molecular weight is 348 g/mol. The van der Waals surface area contributed by atoms with E-state index < -0.39 is 43.4 Å². The Bertz CT molecular complexity index is 858. The maximum absolute atomic E-state index is 11.3. The number of hydrogen-bond acceptors (Lipinski definition) is 8. The highest BCUT2D eigenvalue weighted by Gasteiger charge is 2.27. The van der Waals surface area contributed by atoms with Crippen LogP contribution in [0.1, 0.15) is 10.4 Å². The van der Waals surface area contributed by atoms with E-state index in [9.17, 15) is 40.2 Å². The van der Waals surface area contributed by atoms with E-state index in [0.717, 1.165) is 12.1 Å². The Morgan fingerprint density at radius 3 is 1.88 bits per heavy atom. The van der Waals surface area contributed by atoms with Crippen LogP contribution in [0, 0.1) is 30.3 Å². The lowest BCUT2D eigenvalue weighted by Crippen LogP contribution is -2.07. The smallest absolute Gasteiger partial charge is 0.338 e. The lowest BCUT2D eigenvalue weighted by atomic mass is 10.1. The molecule has 2 rings (SSSR count). The van der Waals surface area contributed by atoms with Crippen molar-refractivity contribution in [3.05, 3.63) is 72.3 Å². The molecule has 0 aliphatic heterocycles. The second-order valence-electron chi connectivity index (χ2n) is 4.64. The highest BCUT2D eigenvalue weighted by atomic mass is 16.6. The lowest BCUT2D eigenvalue weighted by molar-refractivity contribution is -0.393. The molecule has 0 aliphatic carbocycles. The van der Waals surface area contributed by atoms with Gasteiger partial charge in [-0.25, -0.2) is 4.79 Å². The Morgan fingerprint density at radius 1 is 0.880 bits per heavy atom. The summed E-state index contributed by atoms with van der Waals surface area (Å²) in [5.74, 6) is -1.61. The molecule has 0 saturated heterocycles. The minimum absolute atomic E-state index is 0.130. The Kier molecular flexibility index (Phi) is 4.54. The van der Waals surface area contributed by atoms with Crippen molar-refractivity contribution in [1.29, 1.82) is 0 Å². The van der Waals surface area contributed by atoms with Crippen molar-refractivity contribution in [2.24, 2.45) is 0 Å². The molecule has 0 saturated carbocycles. The molecule has 0 amide bonds. The molecule has 0 unspecified atom stereocenters. The molecule has 0 bridgehead atoms. The van der Waals surface area contributed by atoms with Gasteiger partial charge in [0.1, 0.15) is 5.69 Å². The molecule has 2 N–H and O–H groups in total. The number of nitrogens with one attached hydrogen (secondary N) is 1. The summed E-state index contributed by atoms with van der Waals surface area (Å²) in [5.41, 5.74) is -2.83. The van der Waals surface area contributed by atoms with Crippen LogP contribution >= 0.6 is 0 Å². The summed E-state index contributed by atoms with van der Waals surface area (Å²) in [5, 5.41) is 44.3. The maximum Gasteiger partial charge on any atom is 0.338 e.